The van der Waals surface area contributed by atoms with Gasteiger partial charge in [0.25, 0.3) is 0 Å². The molecule has 1 aliphatic carbocycles. The highest BCUT2D eigenvalue weighted by atomic mass is 35.5. The molecule has 4 rings (SSSR count). The van der Waals surface area contributed by atoms with Crippen molar-refractivity contribution < 1.29 is 13.0 Å². The molecule has 30 heavy (non-hydrogen) atoms. The molecule has 1 aliphatic rings. The smallest absolute Gasteiger partial charge is 0.156 e. The molecule has 0 bridgehead atoms. The zero-order chi connectivity index (χ0) is 21.6. The number of H-pyrrole nitrogens is 1. The van der Waals surface area contributed by atoms with Crippen molar-refractivity contribution in [2.45, 2.75) is 36.8 Å². The van der Waals surface area contributed by atoms with E-state index in [1.54, 1.807) is 13.0 Å². The summed E-state index contributed by atoms with van der Waals surface area (Å²) in [6.07, 6.45) is 3.10. The highest BCUT2D eigenvalue weighted by Crippen LogP contribution is 2.41. The minimum absolute atomic E-state index is 0.0617. The van der Waals surface area contributed by atoms with Crippen molar-refractivity contribution in [3.05, 3.63) is 69.8 Å². The van der Waals surface area contributed by atoms with Gasteiger partial charge in [-0.15, -0.1) is 0 Å². The fourth-order valence-electron chi connectivity index (χ4n) is 3.31. The average molecular weight is 452 g/mol. The topological polar surface area (TPSA) is 94.5 Å². The van der Waals surface area contributed by atoms with Gasteiger partial charge in [-0.1, -0.05) is 17.7 Å². The first kappa shape index (κ1) is 20.7. The van der Waals surface area contributed by atoms with Gasteiger partial charge in [-0.25, -0.2) is 27.7 Å². The lowest BCUT2D eigenvalue weighted by molar-refractivity contribution is 0.600. The first-order valence-corrected chi connectivity index (χ1v) is 11.7. The predicted octanol–water partition coefficient (Wildman–Crippen LogP) is 5.16. The van der Waals surface area contributed by atoms with E-state index in [9.17, 15) is 13.0 Å². The molecular weight excluding hydrogens is 432 g/mol. The molecular formula is C20H20ClF2N5OS. The third-order valence-electron chi connectivity index (χ3n) is 4.91. The Morgan fingerprint density at radius 2 is 1.93 bits per heavy atom. The highest BCUT2D eigenvalue weighted by Gasteiger charge is 2.29. The van der Waals surface area contributed by atoms with E-state index in [0.29, 0.717) is 28.6 Å². The van der Waals surface area contributed by atoms with E-state index in [4.69, 9.17) is 16.4 Å². The van der Waals surface area contributed by atoms with E-state index in [1.165, 1.54) is 30.5 Å². The molecule has 0 aliphatic heterocycles. The number of aryl methyl sites for hydroxylation is 1. The van der Waals surface area contributed by atoms with Gasteiger partial charge in [0, 0.05) is 17.9 Å². The van der Waals surface area contributed by atoms with Crippen LogP contribution in [0.1, 0.15) is 47.6 Å². The Balaban J connectivity index is 1.78. The van der Waals surface area contributed by atoms with Crippen LogP contribution in [0, 0.1) is 23.3 Å². The number of nitrogens with one attached hydrogen (secondary N) is 3. The number of benzene rings is 1. The minimum atomic E-state index is -3.05. The Labute approximate surface area is 178 Å². The van der Waals surface area contributed by atoms with E-state index in [-0.39, 0.29) is 21.8 Å². The maximum atomic E-state index is 14.1. The maximum Gasteiger partial charge on any atom is 0.156 e. The van der Waals surface area contributed by atoms with Crippen LogP contribution in [0.25, 0.3) is 0 Å². The van der Waals surface area contributed by atoms with E-state index in [2.05, 4.69) is 20.3 Å². The summed E-state index contributed by atoms with van der Waals surface area (Å²) < 4.78 is 47.9. The number of aromatic nitrogens is 3. The van der Waals surface area contributed by atoms with Crippen molar-refractivity contribution in [2.75, 3.05) is 11.6 Å². The molecule has 3 aromatic rings. The fourth-order valence-corrected chi connectivity index (χ4v) is 4.41. The Morgan fingerprint density at radius 1 is 1.23 bits per heavy atom. The highest BCUT2D eigenvalue weighted by molar-refractivity contribution is 7.91. The second-order valence-electron chi connectivity index (χ2n) is 7.48. The monoisotopic (exact) mass is 451 g/mol. The van der Waals surface area contributed by atoms with Crippen molar-refractivity contribution in [1.29, 1.82) is 4.78 Å². The molecule has 2 atom stereocenters. The van der Waals surface area contributed by atoms with Gasteiger partial charge in [-0.2, -0.15) is 0 Å². The number of halogens is 3. The summed E-state index contributed by atoms with van der Waals surface area (Å²) >= 11 is 5.98. The van der Waals surface area contributed by atoms with E-state index < -0.39 is 21.6 Å². The third kappa shape index (κ3) is 4.17. The van der Waals surface area contributed by atoms with Gasteiger partial charge in [-0.05, 0) is 49.6 Å². The molecule has 0 spiro atoms. The molecule has 10 heteroatoms. The quantitative estimate of drug-likeness (QED) is 0.482. The molecule has 6 nitrogen and oxygen atoms in total. The number of hydrogen-bond acceptors (Lipinski definition) is 5. The third-order valence-corrected chi connectivity index (χ3v) is 6.33. The summed E-state index contributed by atoms with van der Waals surface area (Å²) in [6.45, 7) is 1.68. The molecule has 2 aromatic heterocycles. The van der Waals surface area contributed by atoms with Crippen molar-refractivity contribution in [1.82, 2.24) is 15.0 Å². The van der Waals surface area contributed by atoms with Crippen LogP contribution in [0.4, 0.5) is 14.6 Å². The van der Waals surface area contributed by atoms with Crippen molar-refractivity contribution in [3.8, 4) is 0 Å². The zero-order valence-corrected chi connectivity index (χ0v) is 17.9. The summed E-state index contributed by atoms with van der Waals surface area (Å²) in [5.41, 5.74) is 1.49. The fraction of sp³-hybridized carbons (Fsp3) is 0.300. The number of pyridine rings is 1. The van der Waals surface area contributed by atoms with Gasteiger partial charge in [0.1, 0.15) is 29.3 Å². The second kappa shape index (κ2) is 7.63. The number of hydrogen-bond donors (Lipinski definition) is 3. The second-order valence-corrected chi connectivity index (χ2v) is 9.97. The number of nitrogens with zero attached hydrogens (tertiary/aromatic N) is 2. The van der Waals surface area contributed by atoms with E-state index >= 15 is 0 Å². The van der Waals surface area contributed by atoms with E-state index in [1.807, 2.05) is 0 Å². The summed E-state index contributed by atoms with van der Waals surface area (Å²) in [5.74, 6) is -0.000749. The standard InChI is InChI=1S/C20H20ClF2N5OS/c1-10-20(30(2,24)29)28-19(25-10)18(12-5-6-14(22)13(21)9-12)27-16-8-7-15(23)17(26-16)11-3-4-11/h5-9,11,18,24H,3-4H2,1-2H3,(H,25,28)(H,26,27). The van der Waals surface area contributed by atoms with Crippen LogP contribution in [0.5, 0.6) is 0 Å². The Bertz CT molecular complexity index is 1220. The summed E-state index contributed by atoms with van der Waals surface area (Å²) in [6, 6.07) is 6.46. The number of anilines is 1. The molecule has 1 aromatic carbocycles. The van der Waals surface area contributed by atoms with Gasteiger partial charge in [-0.3, -0.25) is 0 Å². The van der Waals surface area contributed by atoms with Crippen LogP contribution >= 0.6 is 11.6 Å². The summed E-state index contributed by atoms with van der Waals surface area (Å²) in [5, 5.41) is 3.27. The molecule has 0 saturated heterocycles. The molecule has 0 radical (unpaired) electrons. The summed E-state index contributed by atoms with van der Waals surface area (Å²) in [7, 11) is -3.05. The molecule has 1 saturated carbocycles. The first-order chi connectivity index (χ1) is 14.1. The van der Waals surface area contributed by atoms with Crippen LogP contribution in [0.15, 0.2) is 35.4 Å². The van der Waals surface area contributed by atoms with Gasteiger partial charge in [0.2, 0.25) is 0 Å². The Morgan fingerprint density at radius 3 is 2.53 bits per heavy atom. The molecule has 2 heterocycles. The Hall–Kier alpha value is -2.52. The van der Waals surface area contributed by atoms with Crippen molar-refractivity contribution in [2.24, 2.45) is 0 Å². The zero-order valence-electron chi connectivity index (χ0n) is 16.3. The minimum Gasteiger partial charge on any atom is -0.356 e. The van der Waals surface area contributed by atoms with Crippen LogP contribution < -0.4 is 5.32 Å². The lowest BCUT2D eigenvalue weighted by atomic mass is 10.1. The molecule has 0 amide bonds. The lowest BCUT2D eigenvalue weighted by Gasteiger charge is -2.19. The Kier molecular flexibility index (Phi) is 5.27. The number of aromatic amines is 1. The average Bonchev–Trinajstić information content (AvgIpc) is 3.44. The largest absolute Gasteiger partial charge is 0.356 e. The van der Waals surface area contributed by atoms with Crippen LogP contribution in [-0.2, 0) is 9.73 Å². The molecule has 2 unspecified atom stereocenters. The number of imidazole rings is 1. The number of rotatable bonds is 6. The lowest BCUT2D eigenvalue weighted by Crippen LogP contribution is -2.16. The van der Waals surface area contributed by atoms with Crippen LogP contribution in [-0.4, -0.2) is 25.4 Å². The van der Waals surface area contributed by atoms with Crippen molar-refractivity contribution in [3.63, 3.8) is 0 Å². The normalized spacial score (nSPS) is 16.8. The van der Waals surface area contributed by atoms with Gasteiger partial charge < -0.3 is 10.3 Å². The van der Waals surface area contributed by atoms with E-state index in [0.717, 1.165) is 12.8 Å². The SMILES string of the molecule is Cc1[nH]c(C(Nc2ccc(F)c(C3CC3)n2)c2ccc(F)c(Cl)c2)nc1S(C)(=N)=O. The molecule has 3 N–H and O–H groups in total. The van der Waals surface area contributed by atoms with Crippen LogP contribution in [0.2, 0.25) is 5.02 Å². The molecule has 1 fully saturated rings. The predicted molar refractivity (Wildman–Crippen MR) is 111 cm³/mol. The van der Waals surface area contributed by atoms with Gasteiger partial charge in [0.05, 0.1) is 20.4 Å². The first-order valence-electron chi connectivity index (χ1n) is 9.31. The van der Waals surface area contributed by atoms with Gasteiger partial charge in [0.15, 0.2) is 5.03 Å². The van der Waals surface area contributed by atoms with Crippen molar-refractivity contribution >= 4 is 27.1 Å². The molecule has 158 valence electrons. The summed E-state index contributed by atoms with van der Waals surface area (Å²) in [4.78, 5) is 11.8. The maximum absolute atomic E-state index is 14.1. The van der Waals surface area contributed by atoms with Gasteiger partial charge >= 0.3 is 0 Å². The van der Waals surface area contributed by atoms with Crippen LogP contribution in [0.3, 0.4) is 0 Å².